The van der Waals surface area contributed by atoms with Crippen LogP contribution in [-0.2, 0) is 10.0 Å². The Balaban J connectivity index is 1.90. The van der Waals surface area contributed by atoms with Crippen LogP contribution >= 0.6 is 11.6 Å². The van der Waals surface area contributed by atoms with E-state index in [1.165, 1.54) is 0 Å². The summed E-state index contributed by atoms with van der Waals surface area (Å²) >= 11 is 6.16. The predicted molar refractivity (Wildman–Crippen MR) is 118 cm³/mol. The third-order valence-corrected chi connectivity index (χ3v) is 7.04. The Kier molecular flexibility index (Phi) is 6.55. The molecule has 0 saturated carbocycles. The van der Waals surface area contributed by atoms with Crippen molar-refractivity contribution in [2.75, 3.05) is 11.9 Å². The monoisotopic (exact) mass is 470 g/mol. The Morgan fingerprint density at radius 2 is 1.55 bits per heavy atom. The Morgan fingerprint density at radius 3 is 2.13 bits per heavy atom. The Morgan fingerprint density at radius 1 is 0.968 bits per heavy atom. The van der Waals surface area contributed by atoms with E-state index in [4.69, 9.17) is 11.6 Å². The number of aryl methyl sites for hydroxylation is 3. The molecule has 1 atom stereocenters. The highest BCUT2D eigenvalue weighted by atomic mass is 35.5. The van der Waals surface area contributed by atoms with Crippen molar-refractivity contribution in [1.82, 2.24) is 4.72 Å². The molecule has 0 spiro atoms. The number of alkyl halides is 3. The molecule has 31 heavy (non-hydrogen) atoms. The molecule has 0 bridgehead atoms. The van der Waals surface area contributed by atoms with E-state index in [9.17, 15) is 21.6 Å². The normalized spacial score (nSPS) is 13.4. The van der Waals surface area contributed by atoms with Gasteiger partial charge in [0.15, 0.2) is 0 Å². The van der Waals surface area contributed by atoms with Crippen molar-refractivity contribution in [2.24, 2.45) is 0 Å². The van der Waals surface area contributed by atoms with Gasteiger partial charge in [0.05, 0.1) is 4.90 Å². The number of anilines is 1. The smallest absolute Gasteiger partial charge is 0.383 e. The Bertz CT molecular complexity index is 1200. The lowest BCUT2D eigenvalue weighted by molar-refractivity contribution is -0.148. The van der Waals surface area contributed by atoms with Crippen LogP contribution in [0.1, 0.15) is 16.7 Å². The predicted octanol–water partition coefficient (Wildman–Crippen LogP) is 5.74. The molecule has 3 rings (SSSR count). The first kappa shape index (κ1) is 23.4. The van der Waals surface area contributed by atoms with Crippen molar-refractivity contribution in [3.8, 4) is 0 Å². The van der Waals surface area contributed by atoms with Gasteiger partial charge in [-0.3, -0.25) is 0 Å². The van der Waals surface area contributed by atoms with Crippen molar-refractivity contribution in [1.29, 1.82) is 0 Å². The minimum atomic E-state index is -4.80. The number of fused-ring (bicyclic) bond motifs is 1. The summed E-state index contributed by atoms with van der Waals surface area (Å²) in [5.41, 5.74) is 2.04. The van der Waals surface area contributed by atoms with Gasteiger partial charge in [-0.1, -0.05) is 53.6 Å². The molecule has 3 aromatic rings. The van der Waals surface area contributed by atoms with E-state index in [1.54, 1.807) is 69.3 Å². The lowest BCUT2D eigenvalue weighted by Crippen LogP contribution is -2.49. The molecule has 0 saturated heterocycles. The van der Waals surface area contributed by atoms with E-state index in [1.807, 2.05) is 4.72 Å². The number of sulfonamides is 1. The van der Waals surface area contributed by atoms with Crippen LogP contribution in [0, 0.1) is 20.8 Å². The molecule has 166 valence electrons. The zero-order valence-corrected chi connectivity index (χ0v) is 18.7. The molecule has 1 unspecified atom stereocenters. The second-order valence-electron chi connectivity index (χ2n) is 7.46. The topological polar surface area (TPSA) is 58.2 Å². The van der Waals surface area contributed by atoms with Gasteiger partial charge in [0.25, 0.3) is 0 Å². The van der Waals surface area contributed by atoms with E-state index >= 15 is 0 Å². The Hall–Kier alpha value is -2.29. The van der Waals surface area contributed by atoms with Crippen molar-refractivity contribution in [3.63, 3.8) is 0 Å². The zero-order chi connectivity index (χ0) is 23.0. The quantitative estimate of drug-likeness (QED) is 0.483. The van der Waals surface area contributed by atoms with Crippen LogP contribution in [0.5, 0.6) is 0 Å². The molecular formula is C22H22ClF3N2O2S. The highest BCUT2D eigenvalue weighted by Crippen LogP contribution is 2.31. The number of hydrogen-bond donors (Lipinski definition) is 2. The number of nitrogens with one attached hydrogen (secondary N) is 2. The summed E-state index contributed by atoms with van der Waals surface area (Å²) in [6.07, 6.45) is -4.80. The van der Waals surface area contributed by atoms with Crippen molar-refractivity contribution < 1.29 is 21.6 Å². The first-order valence-corrected chi connectivity index (χ1v) is 11.3. The second kappa shape index (κ2) is 8.68. The first-order chi connectivity index (χ1) is 14.4. The van der Waals surface area contributed by atoms with Gasteiger partial charge in [0.1, 0.15) is 6.04 Å². The molecule has 9 heteroatoms. The Labute approximate surface area is 184 Å². The maximum atomic E-state index is 13.7. The number of benzene rings is 3. The van der Waals surface area contributed by atoms with Gasteiger partial charge < -0.3 is 5.32 Å². The van der Waals surface area contributed by atoms with Crippen LogP contribution in [0.15, 0.2) is 53.4 Å². The van der Waals surface area contributed by atoms with Gasteiger partial charge in [0.2, 0.25) is 10.0 Å². The largest absolute Gasteiger partial charge is 0.406 e. The van der Waals surface area contributed by atoms with Gasteiger partial charge in [-0.25, -0.2) is 8.42 Å². The molecule has 0 radical (unpaired) electrons. The molecular weight excluding hydrogens is 449 g/mol. The van der Waals surface area contributed by atoms with Crippen LogP contribution < -0.4 is 10.0 Å². The van der Waals surface area contributed by atoms with Gasteiger partial charge in [-0.2, -0.15) is 17.9 Å². The zero-order valence-electron chi connectivity index (χ0n) is 17.1. The van der Waals surface area contributed by atoms with Gasteiger partial charge >= 0.3 is 6.18 Å². The van der Waals surface area contributed by atoms with Crippen LogP contribution in [0.3, 0.4) is 0 Å². The molecule has 0 aromatic heterocycles. The molecule has 4 nitrogen and oxygen atoms in total. The molecule has 0 fully saturated rings. The fourth-order valence-electron chi connectivity index (χ4n) is 3.69. The van der Waals surface area contributed by atoms with E-state index < -0.39 is 28.8 Å². The summed E-state index contributed by atoms with van der Waals surface area (Å²) in [5.74, 6) is 0. The van der Waals surface area contributed by atoms with E-state index in [2.05, 4.69) is 5.32 Å². The van der Waals surface area contributed by atoms with Crippen LogP contribution in [0.4, 0.5) is 18.9 Å². The summed E-state index contributed by atoms with van der Waals surface area (Å²) in [4.78, 5) is -0.135. The van der Waals surface area contributed by atoms with E-state index in [0.29, 0.717) is 32.6 Å². The number of halogens is 4. The average molecular weight is 471 g/mol. The molecule has 0 amide bonds. The molecule has 0 aliphatic carbocycles. The number of rotatable bonds is 6. The highest BCUT2D eigenvalue weighted by Gasteiger charge is 2.42. The first-order valence-electron chi connectivity index (χ1n) is 9.48. The summed E-state index contributed by atoms with van der Waals surface area (Å²) < 4.78 is 68.7. The highest BCUT2D eigenvalue weighted by molar-refractivity contribution is 7.89. The third-order valence-electron chi connectivity index (χ3n) is 4.93. The summed E-state index contributed by atoms with van der Waals surface area (Å²) in [6.45, 7) is 4.24. The minimum absolute atomic E-state index is 0.135. The van der Waals surface area contributed by atoms with Gasteiger partial charge in [-0.15, -0.1) is 0 Å². The van der Waals surface area contributed by atoms with Crippen LogP contribution in [0.2, 0.25) is 5.02 Å². The average Bonchev–Trinajstić information content (AvgIpc) is 2.64. The fraction of sp³-hybridized carbons (Fsp3) is 0.273. The van der Waals surface area contributed by atoms with Gasteiger partial charge in [0, 0.05) is 28.0 Å². The van der Waals surface area contributed by atoms with Crippen molar-refractivity contribution >= 4 is 38.1 Å². The summed E-state index contributed by atoms with van der Waals surface area (Å²) in [7, 11) is -4.41. The van der Waals surface area contributed by atoms with E-state index in [0.717, 1.165) is 5.56 Å². The standard InChI is InChI=1S/C22H22ClF3N2O2S/c1-13-10-14(2)21(15(3)11-13)31(29,30)28-20(22(24,25)26)12-27-19-9-8-18(23)16-6-4-5-7-17(16)19/h4-11,20,27-28H,12H2,1-3H3. The molecule has 2 N–H and O–H groups in total. The van der Waals surface area contributed by atoms with Crippen molar-refractivity contribution in [3.05, 3.63) is 70.2 Å². The maximum absolute atomic E-state index is 13.7. The van der Waals surface area contributed by atoms with E-state index in [-0.39, 0.29) is 4.90 Å². The van der Waals surface area contributed by atoms with Gasteiger partial charge in [-0.05, 0) is 44.0 Å². The molecule has 3 aromatic carbocycles. The summed E-state index contributed by atoms with van der Waals surface area (Å²) in [5, 5.41) is 4.53. The maximum Gasteiger partial charge on any atom is 0.406 e. The van der Waals surface area contributed by atoms with Crippen LogP contribution in [0.25, 0.3) is 10.8 Å². The second-order valence-corrected chi connectivity index (χ2v) is 9.52. The molecule has 0 heterocycles. The molecule has 0 aliphatic heterocycles. The lowest BCUT2D eigenvalue weighted by atomic mass is 10.1. The van der Waals surface area contributed by atoms with Crippen molar-refractivity contribution in [2.45, 2.75) is 37.9 Å². The fourth-order valence-corrected chi connectivity index (χ4v) is 5.59. The van der Waals surface area contributed by atoms with Crippen LogP contribution in [-0.4, -0.2) is 27.2 Å². The minimum Gasteiger partial charge on any atom is -0.383 e. The molecule has 0 aliphatic rings. The number of hydrogen-bond acceptors (Lipinski definition) is 3. The third kappa shape index (κ3) is 5.14. The SMILES string of the molecule is Cc1cc(C)c(S(=O)(=O)NC(CNc2ccc(Cl)c3ccccc23)C(F)(F)F)c(C)c1. The lowest BCUT2D eigenvalue weighted by Gasteiger charge is -2.24. The summed E-state index contributed by atoms with van der Waals surface area (Å²) in [6, 6.07) is 11.1.